The molecule has 2 heterocycles. The van der Waals surface area contributed by atoms with Gasteiger partial charge in [-0.15, -0.1) is 11.8 Å². The Kier molecular flexibility index (Phi) is 3.90. The van der Waals surface area contributed by atoms with Crippen molar-refractivity contribution in [1.82, 2.24) is 4.31 Å². The minimum atomic E-state index is -3.44. The van der Waals surface area contributed by atoms with E-state index in [1.54, 1.807) is 33.1 Å². The maximum atomic E-state index is 12.8. The van der Waals surface area contributed by atoms with Crippen molar-refractivity contribution in [2.75, 3.05) is 30.3 Å². The molecule has 1 amide bonds. The Morgan fingerprint density at radius 2 is 1.87 bits per heavy atom. The summed E-state index contributed by atoms with van der Waals surface area (Å²) in [5.41, 5.74) is 0.776. The van der Waals surface area contributed by atoms with Crippen LogP contribution in [0.1, 0.15) is 25.7 Å². The van der Waals surface area contributed by atoms with Gasteiger partial charge >= 0.3 is 0 Å². The first-order valence-electron chi connectivity index (χ1n) is 8.16. The topological polar surface area (TPSA) is 57.7 Å². The number of thioether (sulfide) groups is 1. The number of hydrogen-bond donors (Lipinski definition) is 0. The number of fused-ring (bicyclic) bond motifs is 1. The molecule has 0 aromatic heterocycles. The highest BCUT2D eigenvalue weighted by atomic mass is 32.2. The number of benzene rings is 1. The van der Waals surface area contributed by atoms with E-state index in [1.807, 2.05) is 6.07 Å². The van der Waals surface area contributed by atoms with Gasteiger partial charge in [0.15, 0.2) is 0 Å². The van der Waals surface area contributed by atoms with Gasteiger partial charge in [0.2, 0.25) is 15.9 Å². The highest BCUT2D eigenvalue weighted by Gasteiger charge is 2.36. The molecule has 1 saturated carbocycles. The Morgan fingerprint density at radius 1 is 1.13 bits per heavy atom. The minimum absolute atomic E-state index is 0.143. The number of anilines is 1. The average Bonchev–Trinajstić information content (AvgIpc) is 3.26. The van der Waals surface area contributed by atoms with E-state index in [0.717, 1.165) is 42.0 Å². The molecule has 3 aliphatic rings. The second kappa shape index (κ2) is 5.79. The van der Waals surface area contributed by atoms with Crippen LogP contribution in [0.25, 0.3) is 0 Å². The van der Waals surface area contributed by atoms with Gasteiger partial charge in [0.1, 0.15) is 0 Å². The lowest BCUT2D eigenvalue weighted by molar-refractivity contribution is -0.119. The van der Waals surface area contributed by atoms with Gasteiger partial charge in [0.05, 0.1) is 10.6 Å². The van der Waals surface area contributed by atoms with E-state index in [2.05, 4.69) is 0 Å². The van der Waals surface area contributed by atoms with E-state index in [4.69, 9.17) is 0 Å². The second-order valence-electron chi connectivity index (χ2n) is 6.35. The van der Waals surface area contributed by atoms with E-state index in [0.29, 0.717) is 24.5 Å². The van der Waals surface area contributed by atoms with Crippen LogP contribution >= 0.6 is 11.8 Å². The van der Waals surface area contributed by atoms with Crippen LogP contribution < -0.4 is 4.90 Å². The van der Waals surface area contributed by atoms with E-state index in [1.165, 1.54) is 0 Å². The molecule has 0 radical (unpaired) electrons. The highest BCUT2D eigenvalue weighted by Crippen LogP contribution is 2.40. The summed E-state index contributed by atoms with van der Waals surface area (Å²) in [5, 5.41) is 0. The van der Waals surface area contributed by atoms with Crippen LogP contribution in [0.2, 0.25) is 0 Å². The maximum Gasteiger partial charge on any atom is 0.243 e. The first kappa shape index (κ1) is 15.5. The molecule has 0 spiro atoms. The maximum absolute atomic E-state index is 12.8. The summed E-state index contributed by atoms with van der Waals surface area (Å²) in [6.07, 6.45) is 3.77. The third kappa shape index (κ3) is 2.79. The predicted octanol–water partition coefficient (Wildman–Crippen LogP) is 2.32. The van der Waals surface area contributed by atoms with E-state index >= 15 is 0 Å². The number of nitrogens with zero attached hydrogens (tertiary/aromatic N) is 2. The fraction of sp³-hybridized carbons (Fsp3) is 0.562. The third-order valence-corrected chi connectivity index (χ3v) is 7.63. The summed E-state index contributed by atoms with van der Waals surface area (Å²) in [6.45, 7) is 1.86. The fourth-order valence-corrected chi connectivity index (χ4v) is 5.73. The highest BCUT2D eigenvalue weighted by molar-refractivity contribution is 7.99. The zero-order chi connectivity index (χ0) is 16.0. The average molecular weight is 352 g/mol. The zero-order valence-corrected chi connectivity index (χ0v) is 14.5. The van der Waals surface area contributed by atoms with Crippen molar-refractivity contribution in [3.8, 4) is 0 Å². The van der Waals surface area contributed by atoms with Crippen molar-refractivity contribution in [3.05, 3.63) is 18.2 Å². The lowest BCUT2D eigenvalue weighted by atomic mass is 10.2. The molecule has 2 fully saturated rings. The summed E-state index contributed by atoms with van der Waals surface area (Å²) < 4.78 is 27.1. The summed E-state index contributed by atoms with van der Waals surface area (Å²) in [5.74, 6) is 1.16. The Bertz CT molecular complexity index is 738. The standard InChI is InChI=1S/C16H20N2O3S2/c19-16(12-3-4-12)18-9-10-22-15-6-5-13(11-14(15)18)23(20,21)17-7-1-2-8-17/h5-6,11-12H,1-4,7-10H2. The van der Waals surface area contributed by atoms with Crippen LogP contribution in [0.3, 0.4) is 0 Å². The van der Waals surface area contributed by atoms with Gasteiger partial charge < -0.3 is 4.90 Å². The molecule has 4 rings (SSSR count). The van der Waals surface area contributed by atoms with Gasteiger partial charge in [-0.3, -0.25) is 4.79 Å². The molecule has 0 atom stereocenters. The quantitative estimate of drug-likeness (QED) is 0.838. The molecule has 0 bridgehead atoms. The van der Waals surface area contributed by atoms with Gasteiger partial charge in [-0.25, -0.2) is 8.42 Å². The number of rotatable bonds is 3. The molecule has 0 N–H and O–H groups in total. The number of hydrogen-bond acceptors (Lipinski definition) is 4. The van der Waals surface area contributed by atoms with E-state index in [9.17, 15) is 13.2 Å². The monoisotopic (exact) mass is 352 g/mol. The third-order valence-electron chi connectivity index (χ3n) is 4.69. The molecule has 1 aromatic rings. The molecule has 1 aromatic carbocycles. The lowest BCUT2D eigenvalue weighted by Gasteiger charge is -2.30. The first-order valence-corrected chi connectivity index (χ1v) is 10.6. The largest absolute Gasteiger partial charge is 0.310 e. The molecule has 2 aliphatic heterocycles. The lowest BCUT2D eigenvalue weighted by Crippen LogP contribution is -2.37. The van der Waals surface area contributed by atoms with E-state index in [-0.39, 0.29) is 11.8 Å². The zero-order valence-electron chi connectivity index (χ0n) is 12.9. The second-order valence-corrected chi connectivity index (χ2v) is 9.43. The molecule has 0 unspecified atom stereocenters. The van der Waals surface area contributed by atoms with Crippen LogP contribution in [0.15, 0.2) is 28.0 Å². The normalized spacial score (nSPS) is 22.2. The molecular weight excluding hydrogens is 332 g/mol. The number of carbonyl (C=O) groups excluding carboxylic acids is 1. The van der Waals surface area contributed by atoms with Gasteiger partial charge in [-0.05, 0) is 43.9 Å². The van der Waals surface area contributed by atoms with Gasteiger partial charge in [0, 0.05) is 36.2 Å². The first-order chi connectivity index (χ1) is 11.1. The molecule has 124 valence electrons. The van der Waals surface area contributed by atoms with Crippen LogP contribution in [-0.4, -0.2) is 44.0 Å². The molecule has 23 heavy (non-hydrogen) atoms. The Labute approximate surface area is 141 Å². The van der Waals surface area contributed by atoms with Crippen molar-refractivity contribution in [3.63, 3.8) is 0 Å². The molecule has 5 nitrogen and oxygen atoms in total. The number of carbonyl (C=O) groups is 1. The number of sulfonamides is 1. The SMILES string of the molecule is O=C(C1CC1)N1CCSc2ccc(S(=O)(=O)N3CCCC3)cc21. The van der Waals surface area contributed by atoms with Crippen molar-refractivity contribution < 1.29 is 13.2 Å². The summed E-state index contributed by atoms with van der Waals surface area (Å²) in [4.78, 5) is 15.6. The predicted molar refractivity (Wildman–Crippen MR) is 90.2 cm³/mol. The van der Waals surface area contributed by atoms with Crippen LogP contribution in [0.4, 0.5) is 5.69 Å². The van der Waals surface area contributed by atoms with Crippen molar-refractivity contribution in [2.45, 2.75) is 35.5 Å². The molecule has 1 saturated heterocycles. The fourth-order valence-electron chi connectivity index (χ4n) is 3.22. The van der Waals surface area contributed by atoms with Gasteiger partial charge in [-0.2, -0.15) is 4.31 Å². The Hall–Kier alpha value is -1.05. The summed E-state index contributed by atoms with van der Waals surface area (Å²) >= 11 is 1.69. The van der Waals surface area contributed by atoms with Gasteiger partial charge in [-0.1, -0.05) is 0 Å². The van der Waals surface area contributed by atoms with Crippen LogP contribution in [0.5, 0.6) is 0 Å². The van der Waals surface area contributed by atoms with E-state index < -0.39 is 10.0 Å². The van der Waals surface area contributed by atoms with Crippen molar-refractivity contribution in [2.24, 2.45) is 5.92 Å². The smallest absolute Gasteiger partial charge is 0.243 e. The molecule has 1 aliphatic carbocycles. The Balaban J connectivity index is 1.71. The van der Waals surface area contributed by atoms with Crippen molar-refractivity contribution in [1.29, 1.82) is 0 Å². The molecular formula is C16H20N2O3S2. The summed E-state index contributed by atoms with van der Waals surface area (Å²) in [7, 11) is -3.44. The van der Waals surface area contributed by atoms with Crippen LogP contribution in [-0.2, 0) is 14.8 Å². The molecule has 7 heteroatoms. The summed E-state index contributed by atoms with van der Waals surface area (Å²) in [6, 6.07) is 5.25. The van der Waals surface area contributed by atoms with Crippen LogP contribution in [0, 0.1) is 5.92 Å². The minimum Gasteiger partial charge on any atom is -0.310 e. The van der Waals surface area contributed by atoms with Crippen molar-refractivity contribution >= 4 is 33.4 Å². The Morgan fingerprint density at radius 3 is 2.57 bits per heavy atom. The van der Waals surface area contributed by atoms with Gasteiger partial charge in [0.25, 0.3) is 0 Å². The number of amides is 1.